The van der Waals surface area contributed by atoms with Gasteiger partial charge in [-0.15, -0.1) is 0 Å². The number of nitrogens with zero attached hydrogens (tertiary/aromatic N) is 2. The molecule has 0 saturated heterocycles. The summed E-state index contributed by atoms with van der Waals surface area (Å²) < 4.78 is 1.45. The summed E-state index contributed by atoms with van der Waals surface area (Å²) in [5, 5.41) is 7.12. The van der Waals surface area contributed by atoms with Crippen LogP contribution in [-0.4, -0.2) is 28.4 Å². The molecule has 5 heteroatoms. The van der Waals surface area contributed by atoms with Crippen LogP contribution in [0.25, 0.3) is 0 Å². The van der Waals surface area contributed by atoms with E-state index in [1.54, 1.807) is 0 Å². The quantitative estimate of drug-likeness (QED) is 0.687. The molecule has 74 valence electrons. The third kappa shape index (κ3) is 2.42. The van der Waals surface area contributed by atoms with Crippen molar-refractivity contribution in [2.45, 2.75) is 26.3 Å². The third-order valence-corrected chi connectivity index (χ3v) is 1.82. The van der Waals surface area contributed by atoms with Gasteiger partial charge in [-0.2, -0.15) is 5.10 Å². The Labute approximate surface area is 77.2 Å². The molecule has 0 radical (unpaired) electrons. The summed E-state index contributed by atoms with van der Waals surface area (Å²) in [6.07, 6.45) is 0. The lowest BCUT2D eigenvalue weighted by molar-refractivity contribution is 0.559. The zero-order chi connectivity index (χ0) is 9.84. The van der Waals surface area contributed by atoms with Gasteiger partial charge in [-0.3, -0.25) is 4.98 Å². The third-order valence-electron chi connectivity index (χ3n) is 1.82. The Hall–Kier alpha value is -1.10. The van der Waals surface area contributed by atoms with E-state index in [1.165, 1.54) is 4.68 Å². The van der Waals surface area contributed by atoms with Crippen LogP contribution in [0.15, 0.2) is 4.79 Å². The second kappa shape index (κ2) is 4.23. The van der Waals surface area contributed by atoms with Gasteiger partial charge >= 0.3 is 5.69 Å². The largest absolute Gasteiger partial charge is 0.343 e. The second-order valence-electron chi connectivity index (χ2n) is 3.30. The number of likely N-dealkylation sites (N-methyl/N-ethyl adjacent to an activating group) is 1. The summed E-state index contributed by atoms with van der Waals surface area (Å²) in [4.78, 5) is 14.0. The molecule has 0 atom stereocenters. The zero-order valence-corrected chi connectivity index (χ0v) is 8.29. The molecular weight excluding hydrogens is 168 g/mol. The summed E-state index contributed by atoms with van der Waals surface area (Å²) in [5.74, 6) is 1.02. The minimum absolute atomic E-state index is 0.126. The number of rotatable bonds is 4. The van der Waals surface area contributed by atoms with E-state index >= 15 is 0 Å². The average molecular weight is 184 g/mol. The first kappa shape index (κ1) is 9.98. The molecule has 0 saturated carbocycles. The molecule has 0 fully saturated rings. The Balaban J connectivity index is 2.78. The summed E-state index contributed by atoms with van der Waals surface area (Å²) >= 11 is 0. The van der Waals surface area contributed by atoms with Crippen molar-refractivity contribution < 1.29 is 0 Å². The van der Waals surface area contributed by atoms with Gasteiger partial charge in [0.15, 0.2) is 0 Å². The zero-order valence-electron chi connectivity index (χ0n) is 8.29. The van der Waals surface area contributed by atoms with E-state index in [0.717, 1.165) is 12.4 Å². The molecule has 0 amide bonds. The summed E-state index contributed by atoms with van der Waals surface area (Å²) in [6, 6.07) is 0. The molecule has 1 heterocycles. The average Bonchev–Trinajstić information content (AvgIpc) is 2.44. The van der Waals surface area contributed by atoms with E-state index in [4.69, 9.17) is 0 Å². The number of hydrogen-bond acceptors (Lipinski definition) is 3. The van der Waals surface area contributed by atoms with Crippen LogP contribution in [0.1, 0.15) is 25.6 Å². The van der Waals surface area contributed by atoms with Crippen molar-refractivity contribution in [1.82, 2.24) is 20.1 Å². The lowest BCUT2D eigenvalue weighted by Crippen LogP contribution is -2.24. The molecule has 0 spiro atoms. The molecule has 0 bridgehead atoms. The topological polar surface area (TPSA) is 62.7 Å². The molecule has 1 aromatic heterocycles. The normalized spacial score (nSPS) is 11.1. The maximum Gasteiger partial charge on any atom is 0.343 e. The van der Waals surface area contributed by atoms with Crippen LogP contribution in [0.2, 0.25) is 0 Å². The molecule has 1 rings (SSSR count). The Morgan fingerprint density at radius 1 is 1.62 bits per heavy atom. The Morgan fingerprint density at radius 2 is 2.31 bits per heavy atom. The van der Waals surface area contributed by atoms with Crippen molar-refractivity contribution in [1.29, 1.82) is 0 Å². The molecule has 2 N–H and O–H groups in total. The lowest BCUT2D eigenvalue weighted by Gasteiger charge is -1.98. The predicted octanol–water partition coefficient (Wildman–Crippen LogP) is -0.0858. The maximum absolute atomic E-state index is 11.3. The van der Waals surface area contributed by atoms with Crippen molar-refractivity contribution in [3.05, 3.63) is 16.3 Å². The fraction of sp³-hybridized carbons (Fsp3) is 0.750. The van der Waals surface area contributed by atoms with Crippen molar-refractivity contribution in [3.8, 4) is 0 Å². The molecule has 0 aromatic carbocycles. The van der Waals surface area contributed by atoms with Crippen LogP contribution in [0.5, 0.6) is 0 Å². The second-order valence-corrected chi connectivity index (χ2v) is 3.30. The first-order chi connectivity index (χ1) is 6.15. The monoisotopic (exact) mass is 184 g/mol. The summed E-state index contributed by atoms with van der Waals surface area (Å²) in [6.45, 7) is 5.36. The van der Waals surface area contributed by atoms with Crippen LogP contribution in [0, 0.1) is 0 Å². The minimum Gasteiger partial charge on any atom is -0.318 e. The SMILES string of the molecule is CNCCn1nc(C(C)C)[nH]c1=O. The van der Waals surface area contributed by atoms with Crippen molar-refractivity contribution in [2.75, 3.05) is 13.6 Å². The van der Waals surface area contributed by atoms with Crippen LogP contribution in [0.4, 0.5) is 0 Å². The van der Waals surface area contributed by atoms with Crippen molar-refractivity contribution >= 4 is 0 Å². The van der Waals surface area contributed by atoms with E-state index in [0.29, 0.717) is 6.54 Å². The van der Waals surface area contributed by atoms with Crippen LogP contribution in [0.3, 0.4) is 0 Å². The fourth-order valence-corrected chi connectivity index (χ4v) is 1.00. The highest BCUT2D eigenvalue weighted by atomic mass is 16.1. The van der Waals surface area contributed by atoms with Gasteiger partial charge in [-0.25, -0.2) is 9.48 Å². The molecule has 0 aliphatic carbocycles. The number of nitrogens with one attached hydrogen (secondary N) is 2. The van der Waals surface area contributed by atoms with Gasteiger partial charge in [0.05, 0.1) is 6.54 Å². The molecule has 0 unspecified atom stereocenters. The van der Waals surface area contributed by atoms with Gasteiger partial charge in [-0.05, 0) is 7.05 Å². The Kier molecular flexibility index (Phi) is 3.25. The predicted molar refractivity (Wildman–Crippen MR) is 50.9 cm³/mol. The smallest absolute Gasteiger partial charge is 0.318 e. The molecular formula is C8H16N4O. The fourth-order valence-electron chi connectivity index (χ4n) is 1.00. The summed E-state index contributed by atoms with van der Waals surface area (Å²) in [5.41, 5.74) is -0.126. The highest BCUT2D eigenvalue weighted by Gasteiger charge is 2.06. The van der Waals surface area contributed by atoms with Crippen molar-refractivity contribution in [3.63, 3.8) is 0 Å². The van der Waals surface area contributed by atoms with E-state index < -0.39 is 0 Å². The molecule has 13 heavy (non-hydrogen) atoms. The molecule has 1 aromatic rings. The van der Waals surface area contributed by atoms with Gasteiger partial charge in [-0.1, -0.05) is 13.8 Å². The van der Waals surface area contributed by atoms with Gasteiger partial charge in [0.2, 0.25) is 0 Å². The number of aromatic amines is 1. The van der Waals surface area contributed by atoms with E-state index in [9.17, 15) is 4.79 Å². The molecule has 5 nitrogen and oxygen atoms in total. The van der Waals surface area contributed by atoms with Gasteiger partial charge in [0.1, 0.15) is 5.82 Å². The highest BCUT2D eigenvalue weighted by Crippen LogP contribution is 2.04. The van der Waals surface area contributed by atoms with E-state index in [-0.39, 0.29) is 11.6 Å². The number of aromatic nitrogens is 3. The summed E-state index contributed by atoms with van der Waals surface area (Å²) in [7, 11) is 1.85. The Morgan fingerprint density at radius 3 is 2.77 bits per heavy atom. The van der Waals surface area contributed by atoms with Crippen LogP contribution in [-0.2, 0) is 6.54 Å². The Bertz CT molecular complexity index is 312. The van der Waals surface area contributed by atoms with Gasteiger partial charge in [0, 0.05) is 12.5 Å². The van der Waals surface area contributed by atoms with Gasteiger partial charge in [0.25, 0.3) is 0 Å². The van der Waals surface area contributed by atoms with E-state index in [1.807, 2.05) is 20.9 Å². The van der Waals surface area contributed by atoms with Crippen molar-refractivity contribution in [2.24, 2.45) is 0 Å². The van der Waals surface area contributed by atoms with Gasteiger partial charge < -0.3 is 5.32 Å². The van der Waals surface area contributed by atoms with Crippen LogP contribution < -0.4 is 11.0 Å². The molecule has 0 aliphatic heterocycles. The lowest BCUT2D eigenvalue weighted by atomic mass is 10.2. The highest BCUT2D eigenvalue weighted by molar-refractivity contribution is 4.88. The molecule has 0 aliphatic rings. The first-order valence-electron chi connectivity index (χ1n) is 4.46. The number of H-pyrrole nitrogens is 1. The standard InChI is InChI=1S/C8H16N4O/c1-6(2)7-10-8(13)12(11-7)5-4-9-3/h6,9H,4-5H2,1-3H3,(H,10,11,13). The minimum atomic E-state index is -0.126. The first-order valence-corrected chi connectivity index (χ1v) is 4.46. The maximum atomic E-state index is 11.3. The number of hydrogen-bond donors (Lipinski definition) is 2. The van der Waals surface area contributed by atoms with E-state index in [2.05, 4.69) is 15.4 Å². The van der Waals surface area contributed by atoms with Crippen LogP contribution >= 0.6 is 0 Å².